The third-order valence-corrected chi connectivity index (χ3v) is 6.34. The number of hydrogen-bond donors (Lipinski definition) is 1. The van der Waals surface area contributed by atoms with Gasteiger partial charge in [0, 0.05) is 33.2 Å². The lowest BCUT2D eigenvalue weighted by Crippen LogP contribution is -2.49. The van der Waals surface area contributed by atoms with Gasteiger partial charge in [0.25, 0.3) is 5.56 Å². The Morgan fingerprint density at radius 1 is 1.17 bits per heavy atom. The van der Waals surface area contributed by atoms with Crippen molar-refractivity contribution in [2.45, 2.75) is 58.7 Å². The molecule has 1 N–H and O–H groups in total. The SMILES string of the molecule is Cc1ccccc1Cn1c(N2CCC[C@@H](NC(=O)OC(C)(C)C)C2)nc2c1c(=O)n(C)c(=O)n2C. The molecule has 0 unspecified atom stereocenters. The molecule has 3 heterocycles. The molecule has 4 rings (SSSR count). The fourth-order valence-corrected chi connectivity index (χ4v) is 4.53. The second-order valence-electron chi connectivity index (χ2n) is 10.2. The lowest BCUT2D eigenvalue weighted by atomic mass is 10.1. The van der Waals surface area contributed by atoms with Gasteiger partial charge in [-0.2, -0.15) is 4.98 Å². The molecule has 1 atom stereocenters. The topological polar surface area (TPSA) is 103 Å². The molecule has 1 fully saturated rings. The Kier molecular flexibility index (Phi) is 6.48. The molecule has 0 bridgehead atoms. The highest BCUT2D eigenvalue weighted by atomic mass is 16.6. The summed E-state index contributed by atoms with van der Waals surface area (Å²) in [4.78, 5) is 45.1. The van der Waals surface area contributed by atoms with Crippen molar-refractivity contribution >= 4 is 23.2 Å². The fraction of sp³-hybridized carbons (Fsp3) is 0.520. The molecule has 0 aliphatic carbocycles. The van der Waals surface area contributed by atoms with Crippen LogP contribution in [0.25, 0.3) is 11.2 Å². The predicted octanol–water partition coefficient (Wildman–Crippen LogP) is 2.28. The number of anilines is 1. The number of amides is 1. The Morgan fingerprint density at radius 3 is 2.57 bits per heavy atom. The maximum absolute atomic E-state index is 13.2. The summed E-state index contributed by atoms with van der Waals surface area (Å²) in [5.74, 6) is 0.609. The number of carbonyl (C=O) groups excluding carboxylic acids is 1. The van der Waals surface area contributed by atoms with Crippen molar-refractivity contribution in [3.05, 3.63) is 56.2 Å². The highest BCUT2D eigenvalue weighted by Crippen LogP contribution is 2.25. The van der Waals surface area contributed by atoms with E-state index in [4.69, 9.17) is 9.72 Å². The maximum atomic E-state index is 13.2. The van der Waals surface area contributed by atoms with Crippen LogP contribution >= 0.6 is 0 Å². The lowest BCUT2D eigenvalue weighted by Gasteiger charge is -2.34. The molecule has 10 heteroatoms. The van der Waals surface area contributed by atoms with Gasteiger partial charge in [0.15, 0.2) is 11.2 Å². The summed E-state index contributed by atoms with van der Waals surface area (Å²) >= 11 is 0. The Morgan fingerprint density at radius 2 is 1.89 bits per heavy atom. The quantitative estimate of drug-likeness (QED) is 0.612. The first-order valence-electron chi connectivity index (χ1n) is 11.9. The van der Waals surface area contributed by atoms with Crippen molar-refractivity contribution < 1.29 is 9.53 Å². The van der Waals surface area contributed by atoms with Crippen LogP contribution in [0.3, 0.4) is 0 Å². The molecule has 2 aromatic heterocycles. The van der Waals surface area contributed by atoms with Crippen LogP contribution in [-0.2, 0) is 25.4 Å². The number of hydrogen-bond acceptors (Lipinski definition) is 6. The molecular weight excluding hydrogens is 448 g/mol. The minimum Gasteiger partial charge on any atom is -0.444 e. The van der Waals surface area contributed by atoms with Gasteiger partial charge in [0.2, 0.25) is 5.95 Å². The number of carbonyl (C=O) groups is 1. The van der Waals surface area contributed by atoms with Gasteiger partial charge in [-0.1, -0.05) is 24.3 Å². The number of aromatic nitrogens is 4. The standard InChI is InChI=1S/C25H34N6O4/c1-16-10-7-8-11-17(16)14-31-19-20(28(5)24(34)29(6)21(19)32)27-22(31)30-13-9-12-18(15-30)26-23(33)35-25(2,3)4/h7-8,10-11,18H,9,12-15H2,1-6H3,(H,26,33)/t18-/m1/s1. The Labute approximate surface area is 204 Å². The van der Waals surface area contributed by atoms with Crippen LogP contribution in [0, 0.1) is 6.92 Å². The Hall–Kier alpha value is -3.56. The number of nitrogens with one attached hydrogen (secondary N) is 1. The first kappa shape index (κ1) is 24.6. The molecule has 1 aliphatic rings. The minimum absolute atomic E-state index is 0.128. The van der Waals surface area contributed by atoms with Gasteiger partial charge in [-0.25, -0.2) is 9.59 Å². The van der Waals surface area contributed by atoms with Crippen LogP contribution < -0.4 is 21.5 Å². The number of rotatable bonds is 4. The van der Waals surface area contributed by atoms with E-state index < -0.39 is 17.4 Å². The summed E-state index contributed by atoms with van der Waals surface area (Å²) in [6.07, 6.45) is 1.20. The average Bonchev–Trinajstić information content (AvgIpc) is 3.16. The Balaban J connectivity index is 1.76. The molecule has 0 radical (unpaired) electrons. The third kappa shape index (κ3) is 4.96. The number of fused-ring (bicyclic) bond motifs is 1. The van der Waals surface area contributed by atoms with Crippen molar-refractivity contribution in [2.75, 3.05) is 18.0 Å². The van der Waals surface area contributed by atoms with Gasteiger partial charge in [-0.05, 0) is 51.7 Å². The third-order valence-electron chi connectivity index (χ3n) is 6.34. The zero-order valence-electron chi connectivity index (χ0n) is 21.3. The number of ether oxygens (including phenoxy) is 1. The first-order chi connectivity index (χ1) is 16.5. The molecule has 188 valence electrons. The van der Waals surface area contributed by atoms with E-state index >= 15 is 0 Å². The summed E-state index contributed by atoms with van der Waals surface area (Å²) in [5, 5.41) is 2.97. The molecule has 35 heavy (non-hydrogen) atoms. The summed E-state index contributed by atoms with van der Waals surface area (Å²) in [6.45, 7) is 9.20. The summed E-state index contributed by atoms with van der Waals surface area (Å²) in [5.41, 5.74) is 1.52. The molecule has 10 nitrogen and oxygen atoms in total. The van der Waals surface area contributed by atoms with E-state index in [1.54, 1.807) is 7.05 Å². The molecule has 0 saturated carbocycles. The second kappa shape index (κ2) is 9.24. The Bertz CT molecular complexity index is 1380. The van der Waals surface area contributed by atoms with E-state index in [1.807, 2.05) is 56.5 Å². The highest BCUT2D eigenvalue weighted by Gasteiger charge is 2.29. The van der Waals surface area contributed by atoms with Gasteiger partial charge in [-0.3, -0.25) is 18.5 Å². The minimum atomic E-state index is -0.579. The van der Waals surface area contributed by atoms with Crippen LogP contribution in [0.15, 0.2) is 33.9 Å². The average molecular weight is 483 g/mol. The molecule has 1 aliphatic heterocycles. The van der Waals surface area contributed by atoms with Crippen LogP contribution in [0.2, 0.25) is 0 Å². The van der Waals surface area contributed by atoms with E-state index in [0.717, 1.165) is 35.1 Å². The van der Waals surface area contributed by atoms with Gasteiger partial charge in [-0.15, -0.1) is 0 Å². The van der Waals surface area contributed by atoms with Crippen molar-refractivity contribution in [2.24, 2.45) is 14.1 Å². The maximum Gasteiger partial charge on any atom is 0.407 e. The van der Waals surface area contributed by atoms with E-state index in [2.05, 4.69) is 10.2 Å². The highest BCUT2D eigenvalue weighted by molar-refractivity contribution is 5.75. The summed E-state index contributed by atoms with van der Waals surface area (Å²) < 4.78 is 9.86. The monoisotopic (exact) mass is 482 g/mol. The van der Waals surface area contributed by atoms with Crippen LogP contribution in [-0.4, -0.2) is 49.5 Å². The van der Waals surface area contributed by atoms with Crippen molar-refractivity contribution in [3.8, 4) is 0 Å². The van der Waals surface area contributed by atoms with Gasteiger partial charge in [0.1, 0.15) is 5.60 Å². The smallest absolute Gasteiger partial charge is 0.407 e. The largest absolute Gasteiger partial charge is 0.444 e. The number of benzene rings is 1. The van der Waals surface area contributed by atoms with Crippen molar-refractivity contribution in [1.29, 1.82) is 0 Å². The molecule has 3 aromatic rings. The normalized spacial score (nSPS) is 16.5. The van der Waals surface area contributed by atoms with E-state index in [1.165, 1.54) is 11.6 Å². The molecule has 1 aromatic carbocycles. The summed E-state index contributed by atoms with van der Waals surface area (Å²) in [6, 6.07) is 7.88. The number of aryl methyl sites for hydroxylation is 2. The van der Waals surface area contributed by atoms with Gasteiger partial charge < -0.3 is 15.0 Å². The molecule has 0 spiro atoms. The molecule has 1 amide bonds. The number of alkyl carbamates (subject to hydrolysis) is 1. The molecular formula is C25H34N6O4. The second-order valence-corrected chi connectivity index (χ2v) is 10.2. The number of imidazole rings is 1. The van der Waals surface area contributed by atoms with Crippen molar-refractivity contribution in [1.82, 2.24) is 24.0 Å². The summed E-state index contributed by atoms with van der Waals surface area (Å²) in [7, 11) is 3.11. The van der Waals surface area contributed by atoms with E-state index in [0.29, 0.717) is 30.2 Å². The van der Waals surface area contributed by atoms with Crippen molar-refractivity contribution in [3.63, 3.8) is 0 Å². The first-order valence-corrected chi connectivity index (χ1v) is 11.9. The number of piperidine rings is 1. The van der Waals surface area contributed by atoms with Crippen LogP contribution in [0.4, 0.5) is 10.7 Å². The predicted molar refractivity (Wildman–Crippen MR) is 135 cm³/mol. The fourth-order valence-electron chi connectivity index (χ4n) is 4.53. The van der Waals surface area contributed by atoms with Crippen LogP contribution in [0.1, 0.15) is 44.7 Å². The zero-order chi connectivity index (χ0) is 25.5. The molecule has 1 saturated heterocycles. The lowest BCUT2D eigenvalue weighted by molar-refractivity contribution is 0.0500. The number of nitrogens with zero attached hydrogens (tertiary/aromatic N) is 5. The van der Waals surface area contributed by atoms with Crippen LogP contribution in [0.5, 0.6) is 0 Å². The van der Waals surface area contributed by atoms with E-state index in [9.17, 15) is 14.4 Å². The zero-order valence-corrected chi connectivity index (χ0v) is 21.3. The van der Waals surface area contributed by atoms with Gasteiger partial charge >= 0.3 is 11.8 Å². The van der Waals surface area contributed by atoms with Gasteiger partial charge in [0.05, 0.1) is 6.54 Å². The van der Waals surface area contributed by atoms with E-state index in [-0.39, 0.29) is 11.6 Å².